The lowest BCUT2D eigenvalue weighted by atomic mass is 9.77. The molecule has 0 radical (unpaired) electrons. The fraction of sp³-hybridized carbons (Fsp3) is 0.588. The molecule has 5 heteroatoms. The molecule has 22 heavy (non-hydrogen) atoms. The van der Waals surface area contributed by atoms with E-state index in [2.05, 4.69) is 13.5 Å². The third-order valence-electron chi connectivity index (χ3n) is 5.16. The Morgan fingerprint density at radius 3 is 2.64 bits per heavy atom. The maximum Gasteiger partial charge on any atom is 0.334 e. The van der Waals surface area contributed by atoms with E-state index in [0.29, 0.717) is 12.0 Å². The summed E-state index contributed by atoms with van der Waals surface area (Å²) >= 11 is 0. The van der Waals surface area contributed by atoms with Crippen molar-refractivity contribution >= 4 is 17.7 Å². The largest absolute Gasteiger partial charge is 0.461 e. The van der Waals surface area contributed by atoms with Gasteiger partial charge in [0.1, 0.15) is 12.2 Å². The molecule has 6 atom stereocenters. The van der Waals surface area contributed by atoms with Gasteiger partial charge < -0.3 is 9.47 Å². The topological polar surface area (TPSA) is 69.7 Å². The lowest BCUT2D eigenvalue weighted by Crippen LogP contribution is -2.41. The van der Waals surface area contributed by atoms with Crippen molar-refractivity contribution in [1.29, 1.82) is 0 Å². The Hall–Kier alpha value is -1.91. The van der Waals surface area contributed by atoms with E-state index in [1.165, 1.54) is 6.92 Å². The molecule has 0 amide bonds. The maximum atomic E-state index is 12.5. The van der Waals surface area contributed by atoms with Crippen LogP contribution in [0.3, 0.4) is 0 Å². The van der Waals surface area contributed by atoms with E-state index < -0.39 is 29.9 Å². The van der Waals surface area contributed by atoms with Crippen LogP contribution in [0, 0.1) is 23.7 Å². The van der Waals surface area contributed by atoms with Gasteiger partial charge in [0, 0.05) is 12.5 Å². The molecule has 1 heterocycles. The van der Waals surface area contributed by atoms with Crippen LogP contribution in [0.1, 0.15) is 27.2 Å². The van der Waals surface area contributed by atoms with Gasteiger partial charge in [0.25, 0.3) is 0 Å². The van der Waals surface area contributed by atoms with Gasteiger partial charge in [-0.3, -0.25) is 9.59 Å². The lowest BCUT2D eigenvalue weighted by Gasteiger charge is -2.30. The van der Waals surface area contributed by atoms with Crippen molar-refractivity contribution in [3.05, 3.63) is 23.8 Å². The summed E-state index contributed by atoms with van der Waals surface area (Å²) in [7, 11) is 0. The summed E-state index contributed by atoms with van der Waals surface area (Å²) in [5.74, 6) is -1.63. The van der Waals surface area contributed by atoms with Crippen LogP contribution in [0.15, 0.2) is 23.8 Å². The first kappa shape index (κ1) is 15.0. The lowest BCUT2D eigenvalue weighted by molar-refractivity contribution is -0.154. The van der Waals surface area contributed by atoms with Gasteiger partial charge in [-0.25, -0.2) is 4.79 Å². The highest BCUT2D eigenvalue weighted by atomic mass is 16.6. The Labute approximate surface area is 129 Å². The minimum atomic E-state index is -0.683. The average Bonchev–Trinajstić information content (AvgIpc) is 2.80. The molecule has 0 bridgehead atoms. The zero-order valence-electron chi connectivity index (χ0n) is 13.0. The molecule has 2 fully saturated rings. The first-order chi connectivity index (χ1) is 10.3. The molecular formula is C17H20O5. The zero-order valence-corrected chi connectivity index (χ0v) is 13.0. The molecular weight excluding hydrogens is 284 g/mol. The van der Waals surface area contributed by atoms with Crippen LogP contribution in [0.2, 0.25) is 0 Å². The molecule has 118 valence electrons. The van der Waals surface area contributed by atoms with Gasteiger partial charge in [0.05, 0.1) is 11.8 Å². The van der Waals surface area contributed by atoms with E-state index in [4.69, 9.17) is 9.47 Å². The standard InChI is InChI=1S/C17H20O5/c1-7-5-11(19)15-13(7)8(2)6-12-14(9(3)17(20)22-12)16(15)21-10(4)18/h5,8,12-16H,3,6H2,1-2,4H3. The minimum Gasteiger partial charge on any atom is -0.461 e. The number of carbonyl (C=O) groups excluding carboxylic acids is 3. The highest BCUT2D eigenvalue weighted by molar-refractivity contribution is 5.97. The quantitative estimate of drug-likeness (QED) is 0.546. The number of rotatable bonds is 1. The molecule has 0 aromatic heterocycles. The van der Waals surface area contributed by atoms with E-state index >= 15 is 0 Å². The molecule has 0 spiro atoms. The Kier molecular flexibility index (Phi) is 3.46. The number of carbonyl (C=O) groups is 3. The van der Waals surface area contributed by atoms with Crippen molar-refractivity contribution in [2.24, 2.45) is 23.7 Å². The van der Waals surface area contributed by atoms with Gasteiger partial charge >= 0.3 is 11.9 Å². The van der Waals surface area contributed by atoms with Gasteiger partial charge in [0.15, 0.2) is 5.78 Å². The Balaban J connectivity index is 2.06. The number of esters is 2. The Morgan fingerprint density at radius 2 is 2.00 bits per heavy atom. The fourth-order valence-electron chi connectivity index (χ4n) is 4.37. The van der Waals surface area contributed by atoms with Crippen molar-refractivity contribution in [1.82, 2.24) is 0 Å². The molecule has 1 saturated heterocycles. The second-order valence-corrected chi connectivity index (χ2v) is 6.62. The zero-order chi connectivity index (χ0) is 16.2. The Morgan fingerprint density at radius 1 is 1.32 bits per heavy atom. The normalized spacial score (nSPS) is 40.5. The average molecular weight is 304 g/mol. The summed E-state index contributed by atoms with van der Waals surface area (Å²) in [4.78, 5) is 35.9. The second-order valence-electron chi connectivity index (χ2n) is 6.62. The fourth-order valence-corrected chi connectivity index (χ4v) is 4.37. The van der Waals surface area contributed by atoms with Crippen LogP contribution >= 0.6 is 0 Å². The summed E-state index contributed by atoms with van der Waals surface area (Å²) in [5.41, 5.74) is 1.32. The number of fused-ring (bicyclic) bond motifs is 2. The van der Waals surface area contributed by atoms with Gasteiger partial charge in [-0.1, -0.05) is 19.1 Å². The van der Waals surface area contributed by atoms with Crippen molar-refractivity contribution < 1.29 is 23.9 Å². The summed E-state index contributed by atoms with van der Waals surface area (Å²) in [6, 6.07) is 0. The second kappa shape index (κ2) is 5.07. The van der Waals surface area contributed by atoms with Crippen LogP contribution in [-0.4, -0.2) is 29.9 Å². The van der Waals surface area contributed by atoms with Crippen molar-refractivity contribution in [2.45, 2.75) is 39.4 Å². The van der Waals surface area contributed by atoms with Crippen LogP contribution in [0.25, 0.3) is 0 Å². The van der Waals surface area contributed by atoms with E-state index in [0.717, 1.165) is 5.57 Å². The molecule has 0 aromatic carbocycles. The molecule has 0 N–H and O–H groups in total. The monoisotopic (exact) mass is 304 g/mol. The van der Waals surface area contributed by atoms with Crippen LogP contribution in [0.4, 0.5) is 0 Å². The molecule has 1 saturated carbocycles. The third-order valence-corrected chi connectivity index (χ3v) is 5.16. The van der Waals surface area contributed by atoms with Crippen molar-refractivity contribution in [3.8, 4) is 0 Å². The minimum absolute atomic E-state index is 0.0222. The highest BCUT2D eigenvalue weighted by Gasteiger charge is 2.56. The first-order valence-electron chi connectivity index (χ1n) is 7.60. The van der Waals surface area contributed by atoms with Crippen LogP contribution < -0.4 is 0 Å². The molecule has 6 unspecified atom stereocenters. The summed E-state index contributed by atoms with van der Waals surface area (Å²) in [6.07, 6.45) is 1.23. The molecule has 5 nitrogen and oxygen atoms in total. The SMILES string of the molecule is C=C1C(=O)OC2CC(C)C3C(C)=CC(=O)C3C(OC(C)=O)C12. The van der Waals surface area contributed by atoms with E-state index in [9.17, 15) is 14.4 Å². The summed E-state index contributed by atoms with van der Waals surface area (Å²) in [6.45, 7) is 9.11. The first-order valence-corrected chi connectivity index (χ1v) is 7.60. The van der Waals surface area contributed by atoms with Gasteiger partial charge in [-0.05, 0) is 31.3 Å². The number of ketones is 1. The van der Waals surface area contributed by atoms with Gasteiger partial charge in [-0.2, -0.15) is 0 Å². The molecule has 3 aliphatic rings. The number of allylic oxidation sites excluding steroid dienone is 2. The van der Waals surface area contributed by atoms with E-state index in [-0.39, 0.29) is 23.7 Å². The summed E-state index contributed by atoms with van der Waals surface area (Å²) < 4.78 is 10.9. The van der Waals surface area contributed by atoms with Gasteiger partial charge in [0.2, 0.25) is 0 Å². The number of ether oxygens (including phenoxy) is 2. The van der Waals surface area contributed by atoms with Crippen molar-refractivity contribution in [2.75, 3.05) is 0 Å². The van der Waals surface area contributed by atoms with Gasteiger partial charge in [-0.15, -0.1) is 0 Å². The van der Waals surface area contributed by atoms with Crippen LogP contribution in [0.5, 0.6) is 0 Å². The molecule has 0 aromatic rings. The molecule has 2 aliphatic carbocycles. The Bertz CT molecular complexity index is 602. The van der Waals surface area contributed by atoms with E-state index in [1.54, 1.807) is 6.08 Å². The third kappa shape index (κ3) is 2.11. The maximum absolute atomic E-state index is 12.5. The van der Waals surface area contributed by atoms with Crippen molar-refractivity contribution in [3.63, 3.8) is 0 Å². The highest BCUT2D eigenvalue weighted by Crippen LogP contribution is 2.49. The van der Waals surface area contributed by atoms with Crippen LogP contribution in [-0.2, 0) is 23.9 Å². The number of hydrogen-bond acceptors (Lipinski definition) is 5. The molecule has 1 aliphatic heterocycles. The predicted molar refractivity (Wildman–Crippen MR) is 77.6 cm³/mol. The molecule has 3 rings (SSSR count). The number of hydrogen-bond donors (Lipinski definition) is 0. The smallest absolute Gasteiger partial charge is 0.334 e. The predicted octanol–water partition coefficient (Wildman–Crippen LogP) is 1.82. The summed E-state index contributed by atoms with van der Waals surface area (Å²) in [5, 5.41) is 0. The van der Waals surface area contributed by atoms with E-state index in [1.807, 2.05) is 6.92 Å².